The van der Waals surface area contributed by atoms with Gasteiger partial charge in [0.15, 0.2) is 0 Å². The Balaban J connectivity index is 2.21. The summed E-state index contributed by atoms with van der Waals surface area (Å²) in [5, 5.41) is 0.166. The molecule has 0 aromatic carbocycles. The Morgan fingerprint density at radius 1 is 1.44 bits per heavy atom. The number of hydrogen-bond donors (Lipinski definition) is 1. The Labute approximate surface area is 110 Å². The second kappa shape index (κ2) is 5.28. The number of hydrogen-bond acceptors (Lipinski definition) is 3. The predicted molar refractivity (Wildman–Crippen MR) is 71.4 cm³/mol. The minimum atomic E-state index is -0.425. The average molecular weight is 272 g/mol. The van der Waals surface area contributed by atoms with Crippen LogP contribution in [-0.4, -0.2) is 34.1 Å². The van der Waals surface area contributed by atoms with E-state index in [-0.39, 0.29) is 10.7 Å². The second-order valence-corrected chi connectivity index (χ2v) is 5.12. The van der Waals surface area contributed by atoms with E-state index in [1.54, 1.807) is 0 Å². The highest BCUT2D eigenvalue weighted by Gasteiger charge is 2.25. The van der Waals surface area contributed by atoms with Crippen LogP contribution in [0.1, 0.15) is 25.3 Å². The molecule has 1 heterocycles. The maximum absolute atomic E-state index is 12.1. The van der Waals surface area contributed by atoms with E-state index in [9.17, 15) is 9.59 Å². The number of likely N-dealkylation sites (N-methyl/N-ethyl adjacent to an activating group) is 1. The summed E-state index contributed by atoms with van der Waals surface area (Å²) < 4.78 is 1.24. The average Bonchev–Trinajstić information content (AvgIpc) is 3.12. The van der Waals surface area contributed by atoms with Gasteiger partial charge < -0.3 is 4.90 Å². The Kier molecular flexibility index (Phi) is 3.92. The van der Waals surface area contributed by atoms with Crippen LogP contribution in [0.2, 0.25) is 5.15 Å². The van der Waals surface area contributed by atoms with Crippen molar-refractivity contribution in [2.24, 2.45) is 0 Å². The first-order valence-corrected chi connectivity index (χ1v) is 6.64. The molecule has 100 valence electrons. The molecule has 0 unspecified atom stereocenters. The van der Waals surface area contributed by atoms with Crippen molar-refractivity contribution >= 4 is 11.6 Å². The van der Waals surface area contributed by atoms with Crippen molar-refractivity contribution in [3.8, 4) is 0 Å². The molecule has 1 aliphatic rings. The molecule has 1 N–H and O–H groups in total. The van der Waals surface area contributed by atoms with E-state index < -0.39 is 5.69 Å². The second-order valence-electron chi connectivity index (χ2n) is 4.74. The molecule has 0 aliphatic heterocycles. The van der Waals surface area contributed by atoms with Crippen molar-refractivity contribution in [1.29, 1.82) is 0 Å². The molecule has 2 rings (SSSR count). The van der Waals surface area contributed by atoms with Crippen LogP contribution in [0.15, 0.2) is 9.59 Å². The minimum Gasteiger partial charge on any atom is -0.302 e. The quantitative estimate of drug-likeness (QED) is 0.808. The van der Waals surface area contributed by atoms with Gasteiger partial charge in [0, 0.05) is 19.1 Å². The molecule has 5 nitrogen and oxygen atoms in total. The maximum Gasteiger partial charge on any atom is 0.329 e. The molecule has 6 heteroatoms. The number of aromatic nitrogens is 2. The molecule has 0 bridgehead atoms. The summed E-state index contributed by atoms with van der Waals surface area (Å²) in [7, 11) is 2.02. The summed E-state index contributed by atoms with van der Waals surface area (Å²) in [5.41, 5.74) is -0.216. The van der Waals surface area contributed by atoms with Gasteiger partial charge in [0.25, 0.3) is 5.56 Å². The summed E-state index contributed by atoms with van der Waals surface area (Å²) in [6.45, 7) is 2.96. The van der Waals surface area contributed by atoms with Crippen molar-refractivity contribution in [3.05, 3.63) is 31.6 Å². The first-order chi connectivity index (χ1) is 8.54. The normalized spacial score (nSPS) is 15.3. The Bertz CT molecular complexity index is 545. The van der Waals surface area contributed by atoms with Gasteiger partial charge in [0.2, 0.25) is 0 Å². The van der Waals surface area contributed by atoms with E-state index >= 15 is 0 Å². The number of H-pyrrole nitrogens is 1. The first kappa shape index (κ1) is 13.4. The van der Waals surface area contributed by atoms with E-state index in [4.69, 9.17) is 11.6 Å². The molecule has 0 saturated heterocycles. The van der Waals surface area contributed by atoms with Gasteiger partial charge in [-0.3, -0.25) is 14.3 Å². The van der Waals surface area contributed by atoms with Crippen LogP contribution in [-0.2, 0) is 13.0 Å². The van der Waals surface area contributed by atoms with Gasteiger partial charge in [0.05, 0.1) is 5.56 Å². The van der Waals surface area contributed by atoms with Gasteiger partial charge in [0.1, 0.15) is 5.15 Å². The number of aromatic amines is 1. The van der Waals surface area contributed by atoms with Crippen molar-refractivity contribution in [2.45, 2.75) is 38.8 Å². The van der Waals surface area contributed by atoms with Crippen LogP contribution < -0.4 is 11.2 Å². The standard InChI is InChI=1S/C12H18ClN3O2/c1-3-9-10(13)14-12(18)16(11(9)17)7-6-15(2)8-4-5-8/h8H,3-7H2,1-2H3,(H,14,18). The Morgan fingerprint density at radius 3 is 2.67 bits per heavy atom. The topological polar surface area (TPSA) is 58.1 Å². The highest BCUT2D eigenvalue weighted by molar-refractivity contribution is 6.30. The van der Waals surface area contributed by atoms with E-state index in [1.807, 2.05) is 14.0 Å². The Hall–Kier alpha value is -1.07. The van der Waals surface area contributed by atoms with Crippen LogP contribution in [0, 0.1) is 0 Å². The molecule has 0 spiro atoms. The molecular formula is C12H18ClN3O2. The van der Waals surface area contributed by atoms with Crippen LogP contribution in [0.3, 0.4) is 0 Å². The molecule has 1 aliphatic carbocycles. The van der Waals surface area contributed by atoms with Gasteiger partial charge >= 0.3 is 5.69 Å². The zero-order chi connectivity index (χ0) is 13.3. The largest absolute Gasteiger partial charge is 0.329 e. The zero-order valence-corrected chi connectivity index (χ0v) is 11.5. The lowest BCUT2D eigenvalue weighted by molar-refractivity contribution is 0.304. The third kappa shape index (κ3) is 2.67. The van der Waals surface area contributed by atoms with E-state index in [1.165, 1.54) is 17.4 Å². The number of nitrogens with zero attached hydrogens (tertiary/aromatic N) is 2. The van der Waals surface area contributed by atoms with Crippen molar-refractivity contribution in [2.75, 3.05) is 13.6 Å². The fourth-order valence-corrected chi connectivity index (χ4v) is 2.35. The van der Waals surface area contributed by atoms with Gasteiger partial charge in [-0.05, 0) is 26.3 Å². The third-order valence-corrected chi connectivity index (χ3v) is 3.75. The molecule has 1 saturated carbocycles. The van der Waals surface area contributed by atoms with Gasteiger partial charge in [-0.25, -0.2) is 4.79 Å². The van der Waals surface area contributed by atoms with Crippen LogP contribution in [0.5, 0.6) is 0 Å². The Morgan fingerprint density at radius 2 is 2.11 bits per heavy atom. The van der Waals surface area contributed by atoms with E-state index in [0.717, 1.165) is 0 Å². The van der Waals surface area contributed by atoms with Crippen LogP contribution in [0.4, 0.5) is 0 Å². The predicted octanol–water partition coefficient (Wildman–Crippen LogP) is 0.847. The lowest BCUT2D eigenvalue weighted by Gasteiger charge is -2.16. The smallest absolute Gasteiger partial charge is 0.302 e. The minimum absolute atomic E-state index is 0.166. The fraction of sp³-hybridized carbons (Fsp3) is 0.667. The summed E-state index contributed by atoms with van der Waals surface area (Å²) in [6, 6.07) is 0.623. The summed E-state index contributed by atoms with van der Waals surface area (Å²) >= 11 is 5.85. The van der Waals surface area contributed by atoms with Gasteiger partial charge in [-0.1, -0.05) is 18.5 Å². The van der Waals surface area contributed by atoms with Crippen molar-refractivity contribution in [1.82, 2.24) is 14.5 Å². The van der Waals surface area contributed by atoms with Crippen molar-refractivity contribution in [3.63, 3.8) is 0 Å². The highest BCUT2D eigenvalue weighted by atomic mass is 35.5. The van der Waals surface area contributed by atoms with Crippen LogP contribution >= 0.6 is 11.6 Å². The molecule has 0 radical (unpaired) electrons. The molecule has 1 aromatic heterocycles. The molecule has 1 fully saturated rings. The molecular weight excluding hydrogens is 254 g/mol. The summed E-state index contributed by atoms with van der Waals surface area (Å²) in [5.74, 6) is 0. The number of halogens is 1. The van der Waals surface area contributed by atoms with E-state index in [2.05, 4.69) is 9.88 Å². The first-order valence-electron chi connectivity index (χ1n) is 6.26. The molecule has 0 amide bonds. The lowest BCUT2D eigenvalue weighted by Crippen LogP contribution is -2.40. The number of rotatable bonds is 5. The van der Waals surface area contributed by atoms with Crippen molar-refractivity contribution < 1.29 is 0 Å². The summed E-state index contributed by atoms with van der Waals surface area (Å²) in [4.78, 5) is 28.5. The van der Waals surface area contributed by atoms with Gasteiger partial charge in [-0.2, -0.15) is 0 Å². The highest BCUT2D eigenvalue weighted by Crippen LogP contribution is 2.24. The fourth-order valence-electron chi connectivity index (χ4n) is 2.05. The lowest BCUT2D eigenvalue weighted by atomic mass is 10.2. The molecule has 1 aromatic rings. The summed E-state index contributed by atoms with van der Waals surface area (Å²) in [6.07, 6.45) is 2.94. The SMILES string of the molecule is CCc1c(Cl)[nH]c(=O)n(CCN(C)C2CC2)c1=O. The zero-order valence-electron chi connectivity index (χ0n) is 10.7. The number of nitrogens with one attached hydrogen (secondary N) is 1. The van der Waals surface area contributed by atoms with E-state index in [0.29, 0.717) is 31.1 Å². The maximum atomic E-state index is 12.1. The van der Waals surface area contributed by atoms with Crippen LogP contribution in [0.25, 0.3) is 0 Å². The monoisotopic (exact) mass is 271 g/mol. The molecule has 18 heavy (non-hydrogen) atoms. The molecule has 0 atom stereocenters. The third-order valence-electron chi connectivity index (χ3n) is 3.43. The van der Waals surface area contributed by atoms with Gasteiger partial charge in [-0.15, -0.1) is 0 Å².